The first-order valence-electron chi connectivity index (χ1n) is 11.7. The van der Waals surface area contributed by atoms with E-state index in [2.05, 4.69) is 42.8 Å². The molecule has 0 atom stereocenters. The molecular formula is C27H30BrN5OS. The Morgan fingerprint density at radius 1 is 1.09 bits per heavy atom. The van der Waals surface area contributed by atoms with Crippen molar-refractivity contribution in [2.24, 2.45) is 23.1 Å². The van der Waals surface area contributed by atoms with E-state index in [1.807, 2.05) is 77.2 Å². The van der Waals surface area contributed by atoms with Crippen molar-refractivity contribution in [1.82, 2.24) is 14.0 Å². The highest BCUT2D eigenvalue weighted by atomic mass is 79.9. The molecule has 4 aromatic rings. The van der Waals surface area contributed by atoms with E-state index in [0.29, 0.717) is 16.4 Å². The zero-order valence-electron chi connectivity index (χ0n) is 20.7. The van der Waals surface area contributed by atoms with E-state index in [1.165, 1.54) is 11.3 Å². The molecule has 2 heterocycles. The third-order valence-electron chi connectivity index (χ3n) is 5.92. The van der Waals surface area contributed by atoms with Gasteiger partial charge in [-0.05, 0) is 50.8 Å². The highest BCUT2D eigenvalue weighted by molar-refractivity contribution is 9.10. The number of benzene rings is 2. The van der Waals surface area contributed by atoms with Crippen molar-refractivity contribution in [3.63, 3.8) is 0 Å². The molecule has 0 saturated carbocycles. The lowest BCUT2D eigenvalue weighted by Gasteiger charge is -2.08. The quantitative estimate of drug-likeness (QED) is 0.236. The van der Waals surface area contributed by atoms with Gasteiger partial charge in [-0.2, -0.15) is 5.10 Å². The Hall–Kier alpha value is -2.97. The van der Waals surface area contributed by atoms with Crippen LogP contribution in [0.4, 0.5) is 5.69 Å². The monoisotopic (exact) mass is 551 g/mol. The molecule has 0 unspecified atom stereocenters. The molecule has 0 aliphatic carbocycles. The molecule has 2 aromatic heterocycles. The van der Waals surface area contributed by atoms with Crippen LogP contribution in [0.1, 0.15) is 39.3 Å². The van der Waals surface area contributed by atoms with Gasteiger partial charge in [-0.3, -0.25) is 9.48 Å². The summed E-state index contributed by atoms with van der Waals surface area (Å²) in [6.07, 6.45) is 1.97. The maximum absolute atomic E-state index is 13.5. The lowest BCUT2D eigenvalue weighted by atomic mass is 10.1. The largest absolute Gasteiger partial charge is 0.297 e. The molecule has 0 aliphatic heterocycles. The van der Waals surface area contributed by atoms with Gasteiger partial charge in [-0.25, -0.2) is 14.4 Å². The third-order valence-corrected chi connectivity index (χ3v) is 7.43. The van der Waals surface area contributed by atoms with E-state index in [1.54, 1.807) is 4.68 Å². The maximum Gasteiger partial charge on any atom is 0.297 e. The van der Waals surface area contributed by atoms with E-state index in [9.17, 15) is 4.79 Å². The number of thiazole rings is 1. The van der Waals surface area contributed by atoms with Crippen LogP contribution in [0.25, 0.3) is 16.9 Å². The lowest BCUT2D eigenvalue weighted by Crippen LogP contribution is -2.20. The predicted octanol–water partition coefficient (Wildman–Crippen LogP) is 6.67. The lowest BCUT2D eigenvalue weighted by molar-refractivity contribution is 0.601. The van der Waals surface area contributed by atoms with E-state index in [4.69, 9.17) is 10.1 Å². The molecule has 0 radical (unpaired) electrons. The van der Waals surface area contributed by atoms with Crippen LogP contribution in [-0.2, 0) is 7.05 Å². The molecule has 0 saturated heterocycles. The van der Waals surface area contributed by atoms with Crippen molar-refractivity contribution in [3.05, 3.63) is 85.3 Å². The van der Waals surface area contributed by atoms with Gasteiger partial charge in [-0.1, -0.05) is 66.2 Å². The molecule has 0 spiro atoms. The number of halogens is 1. The molecule has 4 rings (SSSR count). The van der Waals surface area contributed by atoms with Crippen LogP contribution in [0.3, 0.4) is 0 Å². The molecule has 0 bridgehead atoms. The number of para-hydroxylation sites is 1. The minimum atomic E-state index is -0.154. The molecule has 8 heteroatoms. The van der Waals surface area contributed by atoms with Crippen LogP contribution in [0.15, 0.2) is 79.3 Å². The Labute approximate surface area is 218 Å². The molecule has 0 fully saturated rings. The SMILES string of the molecule is CC(CCC(C)C)=Nn1c(-c2ccccc2Br)csc1=Nc1c(C)n(C)n(-c2ccccc2)c1=O. The van der Waals surface area contributed by atoms with Crippen molar-refractivity contribution >= 4 is 38.7 Å². The van der Waals surface area contributed by atoms with Gasteiger partial charge >= 0.3 is 0 Å². The zero-order chi connectivity index (χ0) is 25.1. The molecular weight excluding hydrogens is 522 g/mol. The van der Waals surface area contributed by atoms with Gasteiger partial charge in [0.25, 0.3) is 5.56 Å². The van der Waals surface area contributed by atoms with Crippen molar-refractivity contribution in [2.75, 3.05) is 0 Å². The summed E-state index contributed by atoms with van der Waals surface area (Å²) >= 11 is 5.16. The molecule has 182 valence electrons. The van der Waals surface area contributed by atoms with Gasteiger partial charge < -0.3 is 0 Å². The zero-order valence-corrected chi connectivity index (χ0v) is 23.1. The van der Waals surface area contributed by atoms with Crippen LogP contribution < -0.4 is 10.4 Å². The van der Waals surface area contributed by atoms with Crippen molar-refractivity contribution < 1.29 is 0 Å². The van der Waals surface area contributed by atoms with Crippen LogP contribution in [0.2, 0.25) is 0 Å². The van der Waals surface area contributed by atoms with Crippen LogP contribution >= 0.6 is 27.3 Å². The Kier molecular flexibility index (Phi) is 7.72. The number of hydrogen-bond donors (Lipinski definition) is 0. The summed E-state index contributed by atoms with van der Waals surface area (Å²) in [5.74, 6) is 0.600. The summed E-state index contributed by atoms with van der Waals surface area (Å²) in [6, 6.07) is 17.7. The second kappa shape index (κ2) is 10.7. The van der Waals surface area contributed by atoms with Gasteiger partial charge in [0.1, 0.15) is 0 Å². The van der Waals surface area contributed by atoms with Crippen molar-refractivity contribution in [2.45, 2.75) is 40.5 Å². The number of nitrogens with zero attached hydrogens (tertiary/aromatic N) is 5. The summed E-state index contributed by atoms with van der Waals surface area (Å²) < 4.78 is 6.35. The topological polar surface area (TPSA) is 56.6 Å². The molecule has 0 aliphatic rings. The molecule has 6 nitrogen and oxygen atoms in total. The molecule has 0 N–H and O–H groups in total. The third kappa shape index (κ3) is 5.33. The fraction of sp³-hybridized carbons (Fsp3) is 0.296. The van der Waals surface area contributed by atoms with Gasteiger partial charge in [0.15, 0.2) is 5.69 Å². The fourth-order valence-corrected chi connectivity index (χ4v) is 5.14. The normalized spacial score (nSPS) is 12.7. The average Bonchev–Trinajstić information content (AvgIpc) is 3.32. The fourth-order valence-electron chi connectivity index (χ4n) is 3.83. The summed E-state index contributed by atoms with van der Waals surface area (Å²) in [7, 11) is 1.88. The first kappa shape index (κ1) is 25.1. The molecule has 2 aromatic carbocycles. The second-order valence-electron chi connectivity index (χ2n) is 8.98. The average molecular weight is 553 g/mol. The summed E-state index contributed by atoms with van der Waals surface area (Å²) in [4.78, 5) is 19.0. The molecule has 35 heavy (non-hydrogen) atoms. The first-order chi connectivity index (χ1) is 16.8. The Balaban J connectivity index is 1.91. The van der Waals surface area contributed by atoms with E-state index >= 15 is 0 Å². The highest BCUT2D eigenvalue weighted by Crippen LogP contribution is 2.29. The number of hydrogen-bond acceptors (Lipinski definition) is 4. The van der Waals surface area contributed by atoms with Crippen LogP contribution in [0.5, 0.6) is 0 Å². The summed E-state index contributed by atoms with van der Waals surface area (Å²) in [5.41, 5.74) is 4.85. The van der Waals surface area contributed by atoms with Gasteiger partial charge in [0, 0.05) is 28.2 Å². The Morgan fingerprint density at radius 2 is 1.77 bits per heavy atom. The maximum atomic E-state index is 13.5. The van der Waals surface area contributed by atoms with E-state index < -0.39 is 0 Å². The van der Waals surface area contributed by atoms with Crippen molar-refractivity contribution in [3.8, 4) is 16.9 Å². The highest BCUT2D eigenvalue weighted by Gasteiger charge is 2.17. The summed E-state index contributed by atoms with van der Waals surface area (Å²) in [5, 5.41) is 7.01. The standard InChI is InChI=1S/C27H30BrN5OS/c1-18(2)15-16-19(3)30-32-24(22-13-9-10-14-23(22)28)17-35-27(32)29-25-20(4)31(5)33(26(25)34)21-11-7-6-8-12-21/h6-14,17-18H,15-16H2,1-5H3. The second-order valence-corrected chi connectivity index (χ2v) is 10.7. The Bertz CT molecular complexity index is 1490. The van der Waals surface area contributed by atoms with Crippen molar-refractivity contribution in [1.29, 1.82) is 0 Å². The number of aromatic nitrogens is 3. The van der Waals surface area contributed by atoms with Gasteiger partial charge in [-0.15, -0.1) is 11.3 Å². The Morgan fingerprint density at radius 3 is 2.46 bits per heavy atom. The minimum Gasteiger partial charge on any atom is -0.283 e. The predicted molar refractivity (Wildman–Crippen MR) is 149 cm³/mol. The smallest absolute Gasteiger partial charge is 0.283 e. The van der Waals surface area contributed by atoms with E-state index in [-0.39, 0.29) is 5.56 Å². The van der Waals surface area contributed by atoms with Crippen LogP contribution in [-0.4, -0.2) is 19.8 Å². The number of rotatable bonds is 7. The minimum absolute atomic E-state index is 0.154. The summed E-state index contributed by atoms with van der Waals surface area (Å²) in [6.45, 7) is 8.41. The molecule has 0 amide bonds. The van der Waals surface area contributed by atoms with Crippen LogP contribution in [0, 0.1) is 12.8 Å². The van der Waals surface area contributed by atoms with E-state index in [0.717, 1.165) is 45.7 Å². The van der Waals surface area contributed by atoms with Gasteiger partial charge in [0.2, 0.25) is 4.80 Å². The van der Waals surface area contributed by atoms with Gasteiger partial charge in [0.05, 0.1) is 17.1 Å². The first-order valence-corrected chi connectivity index (χ1v) is 13.3.